The molecule has 1 fully saturated rings. The normalized spacial score (nSPS) is 18.5. The SMILES string of the molecule is Cc1[nH]cnc1CN1CCC2(CC1)OCCc1cc(OCc3ccnn3C)ccc12. The highest BCUT2D eigenvalue weighted by molar-refractivity contribution is 5.41. The van der Waals surface area contributed by atoms with Gasteiger partial charge in [0.15, 0.2) is 0 Å². The Hall–Kier alpha value is -2.64. The zero-order valence-corrected chi connectivity index (χ0v) is 17.7. The number of ether oxygens (including phenoxy) is 2. The molecule has 2 aliphatic heterocycles. The highest BCUT2D eigenvalue weighted by Gasteiger charge is 2.40. The first kappa shape index (κ1) is 19.3. The average Bonchev–Trinajstić information content (AvgIpc) is 3.36. The molecule has 0 unspecified atom stereocenters. The van der Waals surface area contributed by atoms with Crippen molar-refractivity contribution in [1.82, 2.24) is 24.6 Å². The molecule has 2 aromatic heterocycles. The van der Waals surface area contributed by atoms with Gasteiger partial charge in [0.25, 0.3) is 0 Å². The van der Waals surface area contributed by atoms with Crippen molar-refractivity contribution in [3.05, 3.63) is 65.0 Å². The lowest BCUT2D eigenvalue weighted by Crippen LogP contribution is -2.46. The number of nitrogens with one attached hydrogen (secondary N) is 1. The van der Waals surface area contributed by atoms with E-state index in [4.69, 9.17) is 9.47 Å². The first-order chi connectivity index (χ1) is 14.6. The van der Waals surface area contributed by atoms with Crippen molar-refractivity contribution in [1.29, 1.82) is 0 Å². The molecule has 1 spiro atoms. The Labute approximate surface area is 177 Å². The molecule has 1 saturated heterocycles. The Morgan fingerprint density at radius 3 is 2.83 bits per heavy atom. The predicted molar refractivity (Wildman–Crippen MR) is 113 cm³/mol. The van der Waals surface area contributed by atoms with Crippen LogP contribution in [0.2, 0.25) is 0 Å². The van der Waals surface area contributed by atoms with Gasteiger partial charge in [0.1, 0.15) is 12.4 Å². The molecule has 0 atom stereocenters. The molecule has 1 N–H and O–H groups in total. The van der Waals surface area contributed by atoms with Crippen LogP contribution in [0.5, 0.6) is 5.75 Å². The summed E-state index contributed by atoms with van der Waals surface area (Å²) < 4.78 is 14.3. The van der Waals surface area contributed by atoms with Crippen LogP contribution in [0, 0.1) is 6.92 Å². The molecule has 0 bridgehead atoms. The lowest BCUT2D eigenvalue weighted by molar-refractivity contribution is -0.0990. The van der Waals surface area contributed by atoms with E-state index in [1.54, 1.807) is 12.5 Å². The standard InChI is InChI=1S/C23H29N5O2/c1-17-22(25-16-24-17)14-28-10-7-23(8-11-28)21-4-3-20(13-18(21)6-12-30-23)29-15-19-5-9-26-27(19)2/h3-5,9,13,16H,6-8,10-12,14-15H2,1-2H3,(H,24,25). The topological polar surface area (TPSA) is 68.2 Å². The molecule has 30 heavy (non-hydrogen) atoms. The van der Waals surface area contributed by atoms with Crippen molar-refractivity contribution in [2.45, 2.75) is 44.9 Å². The number of imidazole rings is 1. The molecule has 7 nitrogen and oxygen atoms in total. The second-order valence-corrected chi connectivity index (χ2v) is 8.40. The van der Waals surface area contributed by atoms with Crippen LogP contribution in [-0.2, 0) is 37.0 Å². The van der Waals surface area contributed by atoms with Crippen LogP contribution in [0.15, 0.2) is 36.8 Å². The van der Waals surface area contributed by atoms with Gasteiger partial charge in [0.2, 0.25) is 0 Å². The third-order valence-corrected chi connectivity index (χ3v) is 6.60. The van der Waals surface area contributed by atoms with Gasteiger partial charge in [0.05, 0.1) is 29.9 Å². The van der Waals surface area contributed by atoms with Crippen molar-refractivity contribution in [3.63, 3.8) is 0 Å². The van der Waals surface area contributed by atoms with Crippen LogP contribution < -0.4 is 4.74 Å². The number of benzene rings is 1. The predicted octanol–water partition coefficient (Wildman–Crippen LogP) is 3.09. The van der Waals surface area contributed by atoms with Crippen molar-refractivity contribution in [2.24, 2.45) is 7.05 Å². The van der Waals surface area contributed by atoms with Crippen LogP contribution in [0.4, 0.5) is 0 Å². The third-order valence-electron chi connectivity index (χ3n) is 6.60. The van der Waals surface area contributed by atoms with E-state index in [0.29, 0.717) is 6.61 Å². The first-order valence-corrected chi connectivity index (χ1v) is 10.7. The summed E-state index contributed by atoms with van der Waals surface area (Å²) in [5.74, 6) is 0.915. The Kier molecular flexibility index (Phi) is 5.08. The summed E-state index contributed by atoms with van der Waals surface area (Å²) in [6.45, 7) is 6.32. The van der Waals surface area contributed by atoms with Crippen LogP contribution in [0.3, 0.4) is 0 Å². The minimum absolute atomic E-state index is 0.161. The van der Waals surface area contributed by atoms with Gasteiger partial charge in [-0.25, -0.2) is 4.98 Å². The number of fused-ring (bicyclic) bond motifs is 2. The minimum atomic E-state index is -0.161. The van der Waals surface area contributed by atoms with Crippen molar-refractivity contribution >= 4 is 0 Å². The van der Waals surface area contributed by atoms with E-state index in [-0.39, 0.29) is 5.60 Å². The molecule has 0 amide bonds. The molecular weight excluding hydrogens is 378 g/mol. The van der Waals surface area contributed by atoms with Crippen molar-refractivity contribution in [2.75, 3.05) is 19.7 Å². The summed E-state index contributed by atoms with van der Waals surface area (Å²) in [6, 6.07) is 8.50. The van der Waals surface area contributed by atoms with Gasteiger partial charge < -0.3 is 14.5 Å². The average molecular weight is 408 g/mol. The Morgan fingerprint density at radius 1 is 1.23 bits per heavy atom. The zero-order valence-electron chi connectivity index (χ0n) is 17.7. The molecule has 158 valence electrons. The van der Waals surface area contributed by atoms with E-state index in [1.807, 2.05) is 17.8 Å². The largest absolute Gasteiger partial charge is 0.487 e. The van der Waals surface area contributed by atoms with Crippen LogP contribution in [-0.4, -0.2) is 44.3 Å². The highest BCUT2D eigenvalue weighted by Crippen LogP contribution is 2.42. The summed E-state index contributed by atoms with van der Waals surface area (Å²) in [5, 5.41) is 4.20. The van der Waals surface area contributed by atoms with Crippen LogP contribution >= 0.6 is 0 Å². The number of hydrogen-bond acceptors (Lipinski definition) is 5. The lowest BCUT2D eigenvalue weighted by atomic mass is 9.79. The molecule has 0 radical (unpaired) electrons. The van der Waals surface area contributed by atoms with Gasteiger partial charge in [-0.2, -0.15) is 5.10 Å². The van der Waals surface area contributed by atoms with E-state index in [9.17, 15) is 0 Å². The highest BCUT2D eigenvalue weighted by atomic mass is 16.5. The van der Waals surface area contributed by atoms with Gasteiger partial charge in [-0.15, -0.1) is 0 Å². The van der Waals surface area contributed by atoms with Crippen molar-refractivity contribution in [3.8, 4) is 5.75 Å². The van der Waals surface area contributed by atoms with Gasteiger partial charge in [-0.1, -0.05) is 6.07 Å². The molecule has 0 saturated carbocycles. The molecule has 0 aliphatic carbocycles. The molecule has 7 heteroatoms. The monoisotopic (exact) mass is 407 g/mol. The van der Waals surface area contributed by atoms with Crippen LogP contribution in [0.1, 0.15) is 41.1 Å². The van der Waals surface area contributed by atoms with Crippen molar-refractivity contribution < 1.29 is 9.47 Å². The first-order valence-electron chi connectivity index (χ1n) is 10.7. The number of hydrogen-bond donors (Lipinski definition) is 1. The van der Waals surface area contributed by atoms with E-state index < -0.39 is 0 Å². The molecule has 3 aromatic rings. The lowest BCUT2D eigenvalue weighted by Gasteiger charge is -2.45. The number of aromatic nitrogens is 4. The number of piperidine rings is 1. The second-order valence-electron chi connectivity index (χ2n) is 8.40. The molecule has 1 aromatic carbocycles. The van der Waals surface area contributed by atoms with E-state index in [1.165, 1.54) is 11.1 Å². The number of H-pyrrole nitrogens is 1. The van der Waals surface area contributed by atoms with Gasteiger partial charge in [0, 0.05) is 38.6 Å². The van der Waals surface area contributed by atoms with Crippen LogP contribution in [0.25, 0.3) is 0 Å². The number of aromatic amines is 1. The summed E-state index contributed by atoms with van der Waals surface area (Å²) >= 11 is 0. The number of rotatable bonds is 5. The van der Waals surface area contributed by atoms with Gasteiger partial charge >= 0.3 is 0 Å². The second kappa shape index (κ2) is 7.89. The van der Waals surface area contributed by atoms with Gasteiger partial charge in [-0.3, -0.25) is 9.58 Å². The van der Waals surface area contributed by atoms with E-state index in [0.717, 1.165) is 68.3 Å². The summed E-state index contributed by atoms with van der Waals surface area (Å²) in [5.41, 5.74) is 5.91. The maximum Gasteiger partial charge on any atom is 0.130 e. The summed E-state index contributed by atoms with van der Waals surface area (Å²) in [6.07, 6.45) is 6.55. The quantitative estimate of drug-likeness (QED) is 0.704. The smallest absolute Gasteiger partial charge is 0.130 e. The number of likely N-dealkylation sites (tertiary alicyclic amines) is 1. The molecular formula is C23H29N5O2. The molecule has 2 aliphatic rings. The fourth-order valence-electron chi connectivity index (χ4n) is 4.69. The summed E-state index contributed by atoms with van der Waals surface area (Å²) in [4.78, 5) is 10.1. The molecule has 4 heterocycles. The zero-order chi connectivity index (χ0) is 20.6. The Bertz CT molecular complexity index is 1020. The molecule has 5 rings (SSSR count). The Balaban J connectivity index is 1.27. The fraction of sp³-hybridized carbons (Fsp3) is 0.478. The van der Waals surface area contributed by atoms with Gasteiger partial charge in [-0.05, 0) is 55.5 Å². The third kappa shape index (κ3) is 3.63. The maximum atomic E-state index is 6.41. The van der Waals surface area contributed by atoms with E-state index >= 15 is 0 Å². The number of aryl methyl sites for hydroxylation is 2. The van der Waals surface area contributed by atoms with E-state index in [2.05, 4.69) is 45.1 Å². The summed E-state index contributed by atoms with van der Waals surface area (Å²) in [7, 11) is 1.94. The fourth-order valence-corrected chi connectivity index (χ4v) is 4.69. The number of nitrogens with zero attached hydrogens (tertiary/aromatic N) is 4. The minimum Gasteiger partial charge on any atom is -0.487 e. The maximum absolute atomic E-state index is 6.41. The Morgan fingerprint density at radius 2 is 2.10 bits per heavy atom.